The van der Waals surface area contributed by atoms with Crippen LogP contribution in [0.2, 0.25) is 0 Å². The molecule has 23 heavy (non-hydrogen) atoms. The number of hydrogen-bond donors (Lipinski definition) is 2. The van der Waals surface area contributed by atoms with Crippen LogP contribution in [0.1, 0.15) is 17.6 Å². The SMILES string of the molecule is CC(C(=O)O)N(C)Cc1csc(CC(=O)Nc2ccccc2)n1. The highest BCUT2D eigenvalue weighted by molar-refractivity contribution is 7.09. The van der Waals surface area contributed by atoms with Crippen molar-refractivity contribution in [2.45, 2.75) is 25.9 Å². The van der Waals surface area contributed by atoms with Gasteiger partial charge in [-0.2, -0.15) is 0 Å². The molecule has 0 saturated carbocycles. The van der Waals surface area contributed by atoms with Crippen molar-refractivity contribution in [3.05, 3.63) is 46.4 Å². The Balaban J connectivity index is 1.89. The predicted molar refractivity (Wildman–Crippen MR) is 89.5 cm³/mol. The van der Waals surface area contributed by atoms with Gasteiger partial charge < -0.3 is 10.4 Å². The van der Waals surface area contributed by atoms with E-state index in [-0.39, 0.29) is 12.3 Å². The number of aromatic nitrogens is 1. The first-order valence-electron chi connectivity index (χ1n) is 7.17. The van der Waals surface area contributed by atoms with E-state index in [9.17, 15) is 9.59 Å². The minimum atomic E-state index is -0.870. The maximum Gasteiger partial charge on any atom is 0.320 e. The van der Waals surface area contributed by atoms with Gasteiger partial charge in [-0.15, -0.1) is 11.3 Å². The third-order valence-corrected chi connectivity index (χ3v) is 4.30. The van der Waals surface area contributed by atoms with Crippen molar-refractivity contribution in [2.24, 2.45) is 0 Å². The molecule has 0 aliphatic carbocycles. The van der Waals surface area contributed by atoms with Gasteiger partial charge in [-0.05, 0) is 26.1 Å². The number of nitrogens with one attached hydrogen (secondary N) is 1. The van der Waals surface area contributed by atoms with E-state index in [4.69, 9.17) is 5.11 Å². The van der Waals surface area contributed by atoms with Crippen molar-refractivity contribution in [1.82, 2.24) is 9.88 Å². The fourth-order valence-electron chi connectivity index (χ4n) is 1.95. The highest BCUT2D eigenvalue weighted by atomic mass is 32.1. The third kappa shape index (κ3) is 5.15. The van der Waals surface area contributed by atoms with Gasteiger partial charge in [0.1, 0.15) is 11.0 Å². The number of thiazole rings is 1. The zero-order valence-electron chi connectivity index (χ0n) is 13.0. The van der Waals surface area contributed by atoms with E-state index in [2.05, 4.69) is 10.3 Å². The lowest BCUT2D eigenvalue weighted by Crippen LogP contribution is -2.35. The third-order valence-electron chi connectivity index (χ3n) is 3.40. The minimum absolute atomic E-state index is 0.121. The maximum absolute atomic E-state index is 12.0. The Morgan fingerprint density at radius 3 is 2.70 bits per heavy atom. The number of benzene rings is 1. The second-order valence-corrected chi connectivity index (χ2v) is 6.20. The topological polar surface area (TPSA) is 82.5 Å². The zero-order chi connectivity index (χ0) is 16.8. The van der Waals surface area contributed by atoms with E-state index in [1.165, 1.54) is 11.3 Å². The van der Waals surface area contributed by atoms with Crippen LogP contribution < -0.4 is 5.32 Å². The summed E-state index contributed by atoms with van der Waals surface area (Å²) < 4.78 is 0. The Morgan fingerprint density at radius 2 is 2.04 bits per heavy atom. The molecule has 1 heterocycles. The minimum Gasteiger partial charge on any atom is -0.480 e. The number of nitrogens with zero attached hydrogens (tertiary/aromatic N) is 2. The number of carboxylic acids is 1. The number of amides is 1. The average Bonchev–Trinajstić information content (AvgIpc) is 2.94. The molecule has 1 atom stereocenters. The first kappa shape index (κ1) is 17.1. The van der Waals surface area contributed by atoms with Gasteiger partial charge in [0.2, 0.25) is 5.91 Å². The molecule has 1 amide bonds. The highest BCUT2D eigenvalue weighted by Crippen LogP contribution is 2.14. The van der Waals surface area contributed by atoms with Crippen LogP contribution in [0, 0.1) is 0 Å². The summed E-state index contributed by atoms with van der Waals surface area (Å²) in [7, 11) is 1.74. The van der Waals surface area contributed by atoms with Crippen molar-refractivity contribution in [1.29, 1.82) is 0 Å². The summed E-state index contributed by atoms with van der Waals surface area (Å²) in [6.45, 7) is 2.06. The molecule has 7 heteroatoms. The van der Waals surface area contributed by atoms with Gasteiger partial charge in [0.15, 0.2) is 0 Å². The molecule has 0 fully saturated rings. The molecule has 0 aliphatic heterocycles. The Bertz CT molecular complexity index is 672. The van der Waals surface area contributed by atoms with Crippen LogP contribution in [0.15, 0.2) is 35.7 Å². The predicted octanol–water partition coefficient (Wildman–Crippen LogP) is 2.23. The van der Waals surface area contributed by atoms with Crippen LogP contribution in [0.4, 0.5) is 5.69 Å². The normalized spacial score (nSPS) is 12.1. The number of carbonyl (C=O) groups excluding carboxylic acids is 1. The van der Waals surface area contributed by atoms with Crippen molar-refractivity contribution >= 4 is 28.9 Å². The van der Waals surface area contributed by atoms with Crippen LogP contribution in [0.5, 0.6) is 0 Å². The molecule has 1 aromatic heterocycles. The molecule has 122 valence electrons. The smallest absolute Gasteiger partial charge is 0.320 e. The second kappa shape index (κ2) is 7.85. The molecule has 0 saturated heterocycles. The average molecular weight is 333 g/mol. The molecule has 0 radical (unpaired) electrons. The molecule has 0 bridgehead atoms. The maximum atomic E-state index is 12.0. The Kier molecular flexibility index (Phi) is 5.84. The number of rotatable bonds is 7. The fourth-order valence-corrected chi connectivity index (χ4v) is 2.73. The molecule has 6 nitrogen and oxygen atoms in total. The molecular formula is C16H19N3O3S. The molecule has 2 rings (SSSR count). The van der Waals surface area contributed by atoms with E-state index < -0.39 is 12.0 Å². The lowest BCUT2D eigenvalue weighted by molar-refractivity contribution is -0.142. The van der Waals surface area contributed by atoms with Gasteiger partial charge in [0.05, 0.1) is 12.1 Å². The summed E-state index contributed by atoms with van der Waals surface area (Å²) >= 11 is 1.40. The first-order chi connectivity index (χ1) is 11.0. The van der Waals surface area contributed by atoms with Crippen LogP contribution in [-0.4, -0.2) is 40.0 Å². The Hall–Kier alpha value is -2.25. The van der Waals surface area contributed by atoms with Gasteiger partial charge in [0, 0.05) is 17.6 Å². The van der Waals surface area contributed by atoms with Gasteiger partial charge in [-0.3, -0.25) is 14.5 Å². The molecule has 0 spiro atoms. The summed E-state index contributed by atoms with van der Waals surface area (Å²) in [5.74, 6) is -0.991. The Labute approximate surface area is 138 Å². The number of hydrogen-bond acceptors (Lipinski definition) is 5. The van der Waals surface area contributed by atoms with Crippen molar-refractivity contribution in [2.75, 3.05) is 12.4 Å². The fraction of sp³-hybridized carbons (Fsp3) is 0.312. The van der Waals surface area contributed by atoms with Crippen molar-refractivity contribution in [3.8, 4) is 0 Å². The highest BCUT2D eigenvalue weighted by Gasteiger charge is 2.18. The summed E-state index contributed by atoms with van der Waals surface area (Å²) in [5.41, 5.74) is 1.53. The largest absolute Gasteiger partial charge is 0.480 e. The standard InChI is InChI=1S/C16H19N3O3S/c1-11(16(21)22)19(2)9-13-10-23-15(18-13)8-14(20)17-12-6-4-3-5-7-12/h3-7,10-11H,8-9H2,1-2H3,(H,17,20)(H,21,22). The number of likely N-dealkylation sites (N-methyl/N-ethyl adjacent to an activating group) is 1. The summed E-state index contributed by atoms with van der Waals surface area (Å²) in [6, 6.07) is 8.67. The molecule has 1 aromatic carbocycles. The molecule has 1 unspecified atom stereocenters. The van der Waals surface area contributed by atoms with Gasteiger partial charge in [-0.1, -0.05) is 18.2 Å². The zero-order valence-corrected chi connectivity index (χ0v) is 13.8. The first-order valence-corrected chi connectivity index (χ1v) is 8.05. The number of carbonyl (C=O) groups is 2. The molecular weight excluding hydrogens is 314 g/mol. The lowest BCUT2D eigenvalue weighted by atomic mass is 10.3. The van der Waals surface area contributed by atoms with Crippen molar-refractivity contribution < 1.29 is 14.7 Å². The van der Waals surface area contributed by atoms with Crippen LogP contribution in [0.3, 0.4) is 0 Å². The number of carboxylic acid groups (broad SMARTS) is 1. The second-order valence-electron chi connectivity index (χ2n) is 5.25. The van der Waals surface area contributed by atoms with Gasteiger partial charge in [-0.25, -0.2) is 4.98 Å². The van der Waals surface area contributed by atoms with E-state index in [0.717, 1.165) is 11.4 Å². The van der Waals surface area contributed by atoms with Crippen LogP contribution in [0.25, 0.3) is 0 Å². The monoisotopic (exact) mass is 333 g/mol. The van der Waals surface area contributed by atoms with Crippen molar-refractivity contribution in [3.63, 3.8) is 0 Å². The number of anilines is 1. The van der Waals surface area contributed by atoms with Gasteiger partial charge in [0.25, 0.3) is 0 Å². The summed E-state index contributed by atoms with van der Waals surface area (Å²) in [6.07, 6.45) is 0.206. The Morgan fingerprint density at radius 1 is 1.35 bits per heavy atom. The number of aliphatic carboxylic acids is 1. The van der Waals surface area contributed by atoms with E-state index >= 15 is 0 Å². The van der Waals surface area contributed by atoms with E-state index in [0.29, 0.717) is 11.6 Å². The molecule has 2 N–H and O–H groups in total. The summed E-state index contributed by atoms with van der Waals surface area (Å²) in [4.78, 5) is 29.0. The summed E-state index contributed by atoms with van der Waals surface area (Å²) in [5, 5.41) is 14.4. The molecule has 2 aromatic rings. The van der Waals surface area contributed by atoms with Gasteiger partial charge >= 0.3 is 5.97 Å². The number of para-hydroxylation sites is 1. The van der Waals surface area contributed by atoms with E-state index in [1.807, 2.05) is 35.7 Å². The lowest BCUT2D eigenvalue weighted by Gasteiger charge is -2.19. The quantitative estimate of drug-likeness (QED) is 0.812. The van der Waals surface area contributed by atoms with Crippen LogP contribution >= 0.6 is 11.3 Å². The van der Waals surface area contributed by atoms with E-state index in [1.54, 1.807) is 18.9 Å². The molecule has 0 aliphatic rings. The van der Waals surface area contributed by atoms with Crippen LogP contribution in [-0.2, 0) is 22.6 Å².